The van der Waals surface area contributed by atoms with Gasteiger partial charge in [0.15, 0.2) is 0 Å². The lowest BCUT2D eigenvalue weighted by molar-refractivity contribution is -0.121. The predicted octanol–water partition coefficient (Wildman–Crippen LogP) is 0.823. The lowest BCUT2D eigenvalue weighted by Gasteiger charge is -2.07. The lowest BCUT2D eigenvalue weighted by atomic mass is 10.2. The minimum Gasteiger partial charge on any atom is -0.377 e. The molecular formula is C11H22N2O2. The Labute approximate surface area is 91.9 Å². The van der Waals surface area contributed by atoms with Gasteiger partial charge in [-0.2, -0.15) is 0 Å². The van der Waals surface area contributed by atoms with Gasteiger partial charge < -0.3 is 15.8 Å². The molecule has 1 atom stereocenters. The van der Waals surface area contributed by atoms with E-state index >= 15 is 0 Å². The summed E-state index contributed by atoms with van der Waals surface area (Å²) < 4.78 is 5.16. The molecule has 0 aromatic rings. The van der Waals surface area contributed by atoms with Crippen LogP contribution in [0.4, 0.5) is 0 Å². The van der Waals surface area contributed by atoms with Crippen molar-refractivity contribution in [2.75, 3.05) is 19.8 Å². The maximum atomic E-state index is 11.2. The standard InChI is InChI=1S/C11H22N2O2/c1-3-8-15-9-4-5-11(14)13-7-6-10(2)12/h3,10H,1,4-9,12H2,2H3,(H,13,14). The molecule has 0 fully saturated rings. The topological polar surface area (TPSA) is 64.3 Å². The number of ether oxygens (including phenoxy) is 1. The Balaban J connectivity index is 3.22. The molecule has 1 amide bonds. The molecule has 0 aromatic heterocycles. The van der Waals surface area contributed by atoms with Gasteiger partial charge in [0.05, 0.1) is 6.61 Å². The molecule has 0 spiro atoms. The first kappa shape index (κ1) is 14.1. The number of nitrogens with two attached hydrogens (primary N) is 1. The van der Waals surface area contributed by atoms with E-state index in [1.54, 1.807) is 6.08 Å². The average molecular weight is 214 g/mol. The summed E-state index contributed by atoms with van der Waals surface area (Å²) in [6, 6.07) is 0.140. The Morgan fingerprint density at radius 3 is 3.00 bits per heavy atom. The highest BCUT2D eigenvalue weighted by Crippen LogP contribution is 1.91. The Kier molecular flexibility index (Phi) is 9.11. The van der Waals surface area contributed by atoms with Gasteiger partial charge in [-0.25, -0.2) is 0 Å². The molecule has 15 heavy (non-hydrogen) atoms. The molecule has 0 aliphatic heterocycles. The molecule has 0 heterocycles. The fourth-order valence-electron chi connectivity index (χ4n) is 1.03. The summed E-state index contributed by atoms with van der Waals surface area (Å²) in [6.07, 6.45) is 3.77. The van der Waals surface area contributed by atoms with Crippen LogP contribution in [0.15, 0.2) is 12.7 Å². The van der Waals surface area contributed by atoms with Crippen LogP contribution < -0.4 is 11.1 Å². The molecule has 0 aliphatic carbocycles. The van der Waals surface area contributed by atoms with Crippen LogP contribution in [0.25, 0.3) is 0 Å². The third kappa shape index (κ3) is 11.1. The van der Waals surface area contributed by atoms with Crippen LogP contribution in [-0.4, -0.2) is 31.7 Å². The van der Waals surface area contributed by atoms with E-state index in [4.69, 9.17) is 10.5 Å². The van der Waals surface area contributed by atoms with Crippen molar-refractivity contribution in [2.45, 2.75) is 32.2 Å². The van der Waals surface area contributed by atoms with Crippen molar-refractivity contribution in [3.63, 3.8) is 0 Å². The minimum atomic E-state index is 0.0675. The number of rotatable bonds is 9. The highest BCUT2D eigenvalue weighted by Gasteiger charge is 2.00. The van der Waals surface area contributed by atoms with E-state index in [0.717, 1.165) is 12.8 Å². The zero-order chi connectivity index (χ0) is 11.5. The minimum absolute atomic E-state index is 0.0675. The number of carbonyl (C=O) groups is 1. The zero-order valence-corrected chi connectivity index (χ0v) is 9.50. The van der Waals surface area contributed by atoms with Crippen molar-refractivity contribution in [2.24, 2.45) is 5.73 Å². The number of nitrogens with one attached hydrogen (secondary N) is 1. The molecule has 0 saturated carbocycles. The molecule has 0 bridgehead atoms. The summed E-state index contributed by atoms with van der Waals surface area (Å²) in [4.78, 5) is 11.2. The zero-order valence-electron chi connectivity index (χ0n) is 9.50. The Morgan fingerprint density at radius 1 is 1.67 bits per heavy atom. The van der Waals surface area contributed by atoms with E-state index in [1.165, 1.54) is 0 Å². The normalized spacial score (nSPS) is 12.1. The van der Waals surface area contributed by atoms with Crippen LogP contribution in [0.5, 0.6) is 0 Å². The smallest absolute Gasteiger partial charge is 0.220 e. The van der Waals surface area contributed by atoms with E-state index in [1.807, 2.05) is 6.92 Å². The van der Waals surface area contributed by atoms with Gasteiger partial charge in [-0.1, -0.05) is 6.08 Å². The van der Waals surface area contributed by atoms with E-state index in [2.05, 4.69) is 11.9 Å². The van der Waals surface area contributed by atoms with E-state index in [-0.39, 0.29) is 11.9 Å². The van der Waals surface area contributed by atoms with Gasteiger partial charge in [0.25, 0.3) is 0 Å². The van der Waals surface area contributed by atoms with Crippen LogP contribution in [-0.2, 0) is 9.53 Å². The highest BCUT2D eigenvalue weighted by atomic mass is 16.5. The second kappa shape index (κ2) is 9.68. The number of amides is 1. The maximum Gasteiger partial charge on any atom is 0.220 e. The third-order valence-corrected chi connectivity index (χ3v) is 1.85. The summed E-state index contributed by atoms with van der Waals surface area (Å²) >= 11 is 0. The SMILES string of the molecule is C=CCOCCCC(=O)NCCC(C)N. The first-order valence-corrected chi connectivity index (χ1v) is 5.37. The molecule has 0 radical (unpaired) electrons. The van der Waals surface area contributed by atoms with Gasteiger partial charge >= 0.3 is 0 Å². The fraction of sp³-hybridized carbons (Fsp3) is 0.727. The van der Waals surface area contributed by atoms with Crippen molar-refractivity contribution in [1.29, 1.82) is 0 Å². The van der Waals surface area contributed by atoms with Gasteiger partial charge in [0.2, 0.25) is 5.91 Å². The predicted molar refractivity (Wildman–Crippen MR) is 61.5 cm³/mol. The number of carbonyl (C=O) groups excluding carboxylic acids is 1. The molecule has 0 aliphatic rings. The van der Waals surface area contributed by atoms with E-state index in [9.17, 15) is 4.79 Å². The molecule has 0 saturated heterocycles. The fourth-order valence-corrected chi connectivity index (χ4v) is 1.03. The van der Waals surface area contributed by atoms with Crippen molar-refractivity contribution in [1.82, 2.24) is 5.32 Å². The van der Waals surface area contributed by atoms with Crippen LogP contribution in [0.1, 0.15) is 26.2 Å². The summed E-state index contributed by atoms with van der Waals surface area (Å²) in [5, 5.41) is 2.81. The number of hydrogen-bond acceptors (Lipinski definition) is 3. The first-order valence-electron chi connectivity index (χ1n) is 5.37. The molecule has 0 aromatic carbocycles. The average Bonchev–Trinajstić information content (AvgIpc) is 2.17. The van der Waals surface area contributed by atoms with Crippen LogP contribution in [0.2, 0.25) is 0 Å². The number of hydrogen-bond donors (Lipinski definition) is 2. The van der Waals surface area contributed by atoms with Crippen LogP contribution in [0.3, 0.4) is 0 Å². The molecule has 0 rings (SSSR count). The van der Waals surface area contributed by atoms with Crippen LogP contribution >= 0.6 is 0 Å². The van der Waals surface area contributed by atoms with Gasteiger partial charge in [-0.15, -0.1) is 6.58 Å². The highest BCUT2D eigenvalue weighted by molar-refractivity contribution is 5.75. The largest absolute Gasteiger partial charge is 0.377 e. The summed E-state index contributed by atoms with van der Waals surface area (Å²) in [5.41, 5.74) is 5.55. The second-order valence-corrected chi connectivity index (χ2v) is 3.58. The quantitative estimate of drug-likeness (QED) is 0.441. The second-order valence-electron chi connectivity index (χ2n) is 3.58. The maximum absolute atomic E-state index is 11.2. The molecule has 4 nitrogen and oxygen atoms in total. The molecule has 1 unspecified atom stereocenters. The van der Waals surface area contributed by atoms with Crippen molar-refractivity contribution in [3.8, 4) is 0 Å². The van der Waals surface area contributed by atoms with Crippen molar-refractivity contribution < 1.29 is 9.53 Å². The van der Waals surface area contributed by atoms with E-state index in [0.29, 0.717) is 26.2 Å². The third-order valence-electron chi connectivity index (χ3n) is 1.85. The molecule has 88 valence electrons. The van der Waals surface area contributed by atoms with Gasteiger partial charge in [-0.3, -0.25) is 4.79 Å². The summed E-state index contributed by atoms with van der Waals surface area (Å²) in [5.74, 6) is 0.0675. The van der Waals surface area contributed by atoms with E-state index < -0.39 is 0 Å². The van der Waals surface area contributed by atoms with Crippen molar-refractivity contribution in [3.05, 3.63) is 12.7 Å². The van der Waals surface area contributed by atoms with Crippen LogP contribution in [0, 0.1) is 0 Å². The monoisotopic (exact) mass is 214 g/mol. The Hall–Kier alpha value is -0.870. The molecule has 3 N–H and O–H groups in total. The summed E-state index contributed by atoms with van der Waals surface area (Å²) in [6.45, 7) is 7.27. The Morgan fingerprint density at radius 2 is 2.40 bits per heavy atom. The Bertz CT molecular complexity index is 181. The van der Waals surface area contributed by atoms with Crippen molar-refractivity contribution >= 4 is 5.91 Å². The summed E-state index contributed by atoms with van der Waals surface area (Å²) in [7, 11) is 0. The first-order chi connectivity index (χ1) is 7.16. The molecule has 4 heteroatoms. The molecular weight excluding hydrogens is 192 g/mol. The lowest BCUT2D eigenvalue weighted by Crippen LogP contribution is -2.28. The van der Waals surface area contributed by atoms with Gasteiger partial charge in [0, 0.05) is 25.6 Å². The van der Waals surface area contributed by atoms with Gasteiger partial charge in [-0.05, 0) is 19.8 Å². The van der Waals surface area contributed by atoms with Gasteiger partial charge in [0.1, 0.15) is 0 Å².